The molecule has 1 aromatic heterocycles. The first-order chi connectivity index (χ1) is 6.36. The minimum Gasteiger partial charge on any atom is -0.356 e. The molecule has 0 bridgehead atoms. The molecule has 3 heteroatoms. The van der Waals surface area contributed by atoms with E-state index in [0.717, 1.165) is 31.8 Å². The molecule has 0 atom stereocenters. The number of amidine groups is 1. The second kappa shape index (κ2) is 3.56. The molecule has 3 nitrogen and oxygen atoms in total. The third-order valence-electron chi connectivity index (χ3n) is 2.32. The highest BCUT2D eigenvalue weighted by Crippen LogP contribution is 2.13. The van der Waals surface area contributed by atoms with Gasteiger partial charge in [0, 0.05) is 31.9 Å². The van der Waals surface area contributed by atoms with E-state index in [4.69, 9.17) is 5.41 Å². The molecule has 0 spiro atoms. The van der Waals surface area contributed by atoms with E-state index in [-0.39, 0.29) is 0 Å². The summed E-state index contributed by atoms with van der Waals surface area (Å²) in [5, 5.41) is 7.66. The SMILES string of the molecule is N=C1CCCN1Cc1cccnc1. The fourth-order valence-electron chi connectivity index (χ4n) is 1.62. The molecule has 0 saturated carbocycles. The van der Waals surface area contributed by atoms with Crippen LogP contribution >= 0.6 is 0 Å². The molecule has 1 saturated heterocycles. The number of likely N-dealkylation sites (tertiary alicyclic amines) is 1. The minimum absolute atomic E-state index is 0.767. The molecule has 2 heterocycles. The standard InChI is InChI=1S/C10H13N3/c11-10-4-2-6-13(10)8-9-3-1-5-12-7-9/h1,3,5,7,11H,2,4,6,8H2. The largest absolute Gasteiger partial charge is 0.356 e. The van der Waals surface area contributed by atoms with Gasteiger partial charge < -0.3 is 4.90 Å². The zero-order chi connectivity index (χ0) is 9.10. The first kappa shape index (κ1) is 8.23. The fourth-order valence-corrected chi connectivity index (χ4v) is 1.62. The van der Waals surface area contributed by atoms with Crippen molar-refractivity contribution in [2.24, 2.45) is 0 Å². The van der Waals surface area contributed by atoms with Crippen LogP contribution < -0.4 is 0 Å². The van der Waals surface area contributed by atoms with Crippen LogP contribution in [0.4, 0.5) is 0 Å². The summed E-state index contributed by atoms with van der Waals surface area (Å²) in [6.07, 6.45) is 5.70. The Bertz CT molecular complexity index is 294. The van der Waals surface area contributed by atoms with Crippen molar-refractivity contribution in [3.63, 3.8) is 0 Å². The molecule has 0 amide bonds. The Balaban J connectivity index is 2.02. The number of rotatable bonds is 2. The monoisotopic (exact) mass is 175 g/mol. The van der Waals surface area contributed by atoms with Crippen LogP contribution in [-0.2, 0) is 6.54 Å². The summed E-state index contributed by atoms with van der Waals surface area (Å²) in [6, 6.07) is 3.99. The topological polar surface area (TPSA) is 40.0 Å². The van der Waals surface area contributed by atoms with E-state index in [1.165, 1.54) is 5.56 Å². The van der Waals surface area contributed by atoms with Crippen LogP contribution in [0.1, 0.15) is 18.4 Å². The summed E-state index contributed by atoms with van der Waals surface area (Å²) < 4.78 is 0. The number of hydrogen-bond donors (Lipinski definition) is 1. The maximum Gasteiger partial charge on any atom is 0.0961 e. The van der Waals surface area contributed by atoms with Gasteiger partial charge in [-0.1, -0.05) is 6.07 Å². The van der Waals surface area contributed by atoms with Crippen LogP contribution in [0.2, 0.25) is 0 Å². The summed E-state index contributed by atoms with van der Waals surface area (Å²) in [6.45, 7) is 1.86. The van der Waals surface area contributed by atoms with Crippen LogP contribution in [0.15, 0.2) is 24.5 Å². The van der Waals surface area contributed by atoms with Gasteiger partial charge in [0.25, 0.3) is 0 Å². The summed E-state index contributed by atoms with van der Waals surface area (Å²) in [7, 11) is 0. The van der Waals surface area contributed by atoms with Crippen molar-refractivity contribution in [2.45, 2.75) is 19.4 Å². The molecule has 1 aromatic rings. The van der Waals surface area contributed by atoms with Gasteiger partial charge in [-0.25, -0.2) is 0 Å². The van der Waals surface area contributed by atoms with Crippen LogP contribution in [0.3, 0.4) is 0 Å². The average Bonchev–Trinajstić information content (AvgIpc) is 2.54. The Morgan fingerprint density at radius 2 is 2.46 bits per heavy atom. The van der Waals surface area contributed by atoms with Gasteiger partial charge in [0.1, 0.15) is 0 Å². The van der Waals surface area contributed by atoms with Crippen molar-refractivity contribution in [1.82, 2.24) is 9.88 Å². The lowest BCUT2D eigenvalue weighted by atomic mass is 10.3. The van der Waals surface area contributed by atoms with Crippen molar-refractivity contribution in [3.8, 4) is 0 Å². The highest BCUT2D eigenvalue weighted by Gasteiger charge is 2.16. The molecule has 1 aliphatic rings. The Labute approximate surface area is 77.9 Å². The first-order valence-electron chi connectivity index (χ1n) is 4.57. The number of nitrogens with one attached hydrogen (secondary N) is 1. The predicted molar refractivity (Wildman–Crippen MR) is 51.6 cm³/mol. The van der Waals surface area contributed by atoms with Gasteiger partial charge in [-0.3, -0.25) is 10.4 Å². The summed E-state index contributed by atoms with van der Waals surface area (Å²) >= 11 is 0. The number of aromatic nitrogens is 1. The van der Waals surface area contributed by atoms with Crippen LogP contribution in [0.25, 0.3) is 0 Å². The van der Waals surface area contributed by atoms with Gasteiger partial charge in [-0.15, -0.1) is 0 Å². The summed E-state index contributed by atoms with van der Waals surface area (Å²) in [4.78, 5) is 6.16. The number of hydrogen-bond acceptors (Lipinski definition) is 2. The van der Waals surface area contributed by atoms with Gasteiger partial charge in [-0.2, -0.15) is 0 Å². The number of nitrogens with zero attached hydrogens (tertiary/aromatic N) is 2. The molecule has 0 aliphatic carbocycles. The van der Waals surface area contributed by atoms with Crippen LogP contribution in [-0.4, -0.2) is 22.3 Å². The molecule has 2 rings (SSSR count). The lowest BCUT2D eigenvalue weighted by Gasteiger charge is -2.16. The summed E-state index contributed by atoms with van der Waals surface area (Å²) in [5.74, 6) is 0.767. The maximum absolute atomic E-state index is 7.66. The highest BCUT2D eigenvalue weighted by molar-refractivity contribution is 5.80. The van der Waals surface area contributed by atoms with Crippen molar-refractivity contribution in [3.05, 3.63) is 30.1 Å². The smallest absolute Gasteiger partial charge is 0.0961 e. The second-order valence-corrected chi connectivity index (χ2v) is 3.33. The van der Waals surface area contributed by atoms with Gasteiger partial charge in [0.15, 0.2) is 0 Å². The van der Waals surface area contributed by atoms with Crippen molar-refractivity contribution in [1.29, 1.82) is 5.41 Å². The van der Waals surface area contributed by atoms with Crippen LogP contribution in [0, 0.1) is 5.41 Å². The average molecular weight is 175 g/mol. The third-order valence-corrected chi connectivity index (χ3v) is 2.32. The lowest BCUT2D eigenvalue weighted by molar-refractivity contribution is 0.445. The zero-order valence-corrected chi connectivity index (χ0v) is 7.53. The van der Waals surface area contributed by atoms with Gasteiger partial charge in [0.05, 0.1) is 5.84 Å². The van der Waals surface area contributed by atoms with E-state index in [9.17, 15) is 0 Å². The third kappa shape index (κ3) is 1.86. The minimum atomic E-state index is 0.767. The fraction of sp³-hybridized carbons (Fsp3) is 0.400. The van der Waals surface area contributed by atoms with Crippen LogP contribution in [0.5, 0.6) is 0 Å². The van der Waals surface area contributed by atoms with Gasteiger partial charge in [-0.05, 0) is 18.1 Å². The van der Waals surface area contributed by atoms with E-state index in [2.05, 4.69) is 16.0 Å². The maximum atomic E-state index is 7.66. The van der Waals surface area contributed by atoms with E-state index in [1.807, 2.05) is 12.3 Å². The van der Waals surface area contributed by atoms with E-state index < -0.39 is 0 Å². The lowest BCUT2D eigenvalue weighted by Crippen LogP contribution is -2.23. The molecule has 0 aromatic carbocycles. The Kier molecular flexibility index (Phi) is 2.25. The highest BCUT2D eigenvalue weighted by atomic mass is 15.2. The quantitative estimate of drug-likeness (QED) is 0.742. The molecule has 1 fully saturated rings. The second-order valence-electron chi connectivity index (χ2n) is 3.33. The molecule has 0 radical (unpaired) electrons. The molecule has 0 unspecified atom stereocenters. The molecule has 1 N–H and O–H groups in total. The Morgan fingerprint density at radius 3 is 3.08 bits per heavy atom. The summed E-state index contributed by atoms with van der Waals surface area (Å²) in [5.41, 5.74) is 1.19. The first-order valence-corrected chi connectivity index (χ1v) is 4.57. The zero-order valence-electron chi connectivity index (χ0n) is 7.53. The Hall–Kier alpha value is -1.38. The van der Waals surface area contributed by atoms with E-state index in [0.29, 0.717) is 0 Å². The molecule has 68 valence electrons. The van der Waals surface area contributed by atoms with Crippen molar-refractivity contribution < 1.29 is 0 Å². The van der Waals surface area contributed by atoms with Gasteiger partial charge >= 0.3 is 0 Å². The van der Waals surface area contributed by atoms with Gasteiger partial charge in [0.2, 0.25) is 0 Å². The predicted octanol–water partition coefficient (Wildman–Crippen LogP) is 1.65. The normalized spacial score (nSPS) is 16.6. The van der Waals surface area contributed by atoms with Crippen molar-refractivity contribution >= 4 is 5.84 Å². The molecule has 1 aliphatic heterocycles. The Morgan fingerprint density at radius 1 is 1.54 bits per heavy atom. The van der Waals surface area contributed by atoms with E-state index in [1.54, 1.807) is 6.20 Å². The molecular formula is C10H13N3. The molecule has 13 heavy (non-hydrogen) atoms. The van der Waals surface area contributed by atoms with Crippen molar-refractivity contribution in [2.75, 3.05) is 6.54 Å². The molecular weight excluding hydrogens is 162 g/mol. The number of pyridine rings is 1. The van der Waals surface area contributed by atoms with E-state index >= 15 is 0 Å².